The van der Waals surface area contributed by atoms with E-state index >= 15 is 0 Å². The van der Waals surface area contributed by atoms with Crippen LogP contribution >= 0.6 is 11.6 Å². The van der Waals surface area contributed by atoms with Crippen LogP contribution < -0.4 is 10.2 Å². The highest BCUT2D eigenvalue weighted by Crippen LogP contribution is 2.31. The topological polar surface area (TPSA) is 15.3 Å². The lowest BCUT2D eigenvalue weighted by Crippen LogP contribution is -2.23. The van der Waals surface area contributed by atoms with Crippen LogP contribution in [-0.2, 0) is 6.54 Å². The first-order chi connectivity index (χ1) is 9.24. The summed E-state index contributed by atoms with van der Waals surface area (Å²) in [5, 5.41) is 4.26. The molecular formula is C16H25ClN2. The van der Waals surface area contributed by atoms with E-state index in [1.807, 2.05) is 6.07 Å². The lowest BCUT2D eigenvalue weighted by Gasteiger charge is -2.23. The molecule has 0 bridgehead atoms. The van der Waals surface area contributed by atoms with Crippen molar-refractivity contribution in [2.45, 2.75) is 39.7 Å². The normalized spacial score (nSPS) is 19.1. The fourth-order valence-electron chi connectivity index (χ4n) is 2.94. The van der Waals surface area contributed by atoms with Gasteiger partial charge in [-0.3, -0.25) is 0 Å². The monoisotopic (exact) mass is 280 g/mol. The van der Waals surface area contributed by atoms with Crippen molar-refractivity contribution in [1.29, 1.82) is 0 Å². The molecule has 1 saturated heterocycles. The zero-order valence-electron chi connectivity index (χ0n) is 12.1. The first-order valence-electron chi connectivity index (χ1n) is 7.48. The van der Waals surface area contributed by atoms with Crippen LogP contribution in [0.15, 0.2) is 18.2 Å². The van der Waals surface area contributed by atoms with E-state index in [1.165, 1.54) is 43.6 Å². The first kappa shape index (κ1) is 14.7. The molecular weight excluding hydrogens is 256 g/mol. The maximum absolute atomic E-state index is 6.18. The van der Waals surface area contributed by atoms with Crippen LogP contribution in [0, 0.1) is 5.92 Å². The van der Waals surface area contributed by atoms with Crippen molar-refractivity contribution >= 4 is 17.3 Å². The summed E-state index contributed by atoms with van der Waals surface area (Å²) in [6.45, 7) is 8.71. The quantitative estimate of drug-likeness (QED) is 0.845. The molecule has 0 aliphatic carbocycles. The number of benzene rings is 1. The van der Waals surface area contributed by atoms with Gasteiger partial charge in [-0.25, -0.2) is 0 Å². The molecule has 0 radical (unpaired) electrons. The van der Waals surface area contributed by atoms with Gasteiger partial charge in [0.2, 0.25) is 0 Å². The van der Waals surface area contributed by atoms with Crippen molar-refractivity contribution in [3.05, 3.63) is 28.8 Å². The van der Waals surface area contributed by atoms with E-state index in [1.54, 1.807) is 0 Å². The number of anilines is 1. The lowest BCUT2D eigenvalue weighted by molar-refractivity contribution is 0.529. The van der Waals surface area contributed by atoms with Gasteiger partial charge < -0.3 is 10.2 Å². The summed E-state index contributed by atoms with van der Waals surface area (Å²) in [4.78, 5) is 2.51. The van der Waals surface area contributed by atoms with E-state index < -0.39 is 0 Å². The average molecular weight is 281 g/mol. The van der Waals surface area contributed by atoms with Gasteiger partial charge in [-0.2, -0.15) is 0 Å². The Morgan fingerprint density at radius 1 is 1.37 bits per heavy atom. The van der Waals surface area contributed by atoms with Crippen molar-refractivity contribution in [1.82, 2.24) is 5.32 Å². The number of nitrogens with zero attached hydrogens (tertiary/aromatic N) is 1. The highest BCUT2D eigenvalue weighted by molar-refractivity contribution is 6.30. The van der Waals surface area contributed by atoms with E-state index in [0.717, 1.165) is 24.0 Å². The maximum Gasteiger partial charge on any atom is 0.0426 e. The molecule has 2 rings (SSSR count). The largest absolute Gasteiger partial charge is 0.371 e. The van der Waals surface area contributed by atoms with Gasteiger partial charge >= 0.3 is 0 Å². The molecule has 1 aromatic rings. The number of hydrogen-bond donors (Lipinski definition) is 1. The fraction of sp³-hybridized carbons (Fsp3) is 0.625. The molecule has 1 fully saturated rings. The second kappa shape index (κ2) is 7.16. The third-order valence-electron chi connectivity index (χ3n) is 3.94. The van der Waals surface area contributed by atoms with Crippen LogP contribution in [0.2, 0.25) is 5.02 Å². The molecule has 1 unspecified atom stereocenters. The Hall–Kier alpha value is -0.730. The minimum Gasteiger partial charge on any atom is -0.371 e. The lowest BCUT2D eigenvalue weighted by atomic mass is 10.0. The Morgan fingerprint density at radius 2 is 2.21 bits per heavy atom. The van der Waals surface area contributed by atoms with E-state index in [-0.39, 0.29) is 0 Å². The van der Waals surface area contributed by atoms with E-state index in [4.69, 9.17) is 11.6 Å². The predicted molar refractivity (Wildman–Crippen MR) is 84.1 cm³/mol. The van der Waals surface area contributed by atoms with Crippen LogP contribution in [0.1, 0.15) is 38.7 Å². The Kier molecular flexibility index (Phi) is 5.53. The molecule has 0 aromatic heterocycles. The summed E-state index contributed by atoms with van der Waals surface area (Å²) in [5.41, 5.74) is 2.69. The van der Waals surface area contributed by atoms with Gasteiger partial charge in [0.25, 0.3) is 0 Å². The molecule has 1 heterocycles. The molecule has 1 aliphatic rings. The molecule has 1 aliphatic heterocycles. The van der Waals surface area contributed by atoms with Gasteiger partial charge in [-0.1, -0.05) is 37.9 Å². The van der Waals surface area contributed by atoms with Crippen LogP contribution in [0.25, 0.3) is 0 Å². The highest BCUT2D eigenvalue weighted by Gasteiger charge is 2.23. The smallest absolute Gasteiger partial charge is 0.0426 e. The molecule has 0 saturated carbocycles. The van der Waals surface area contributed by atoms with Crippen LogP contribution in [0.4, 0.5) is 5.69 Å². The van der Waals surface area contributed by atoms with Gasteiger partial charge in [0.1, 0.15) is 0 Å². The molecule has 3 heteroatoms. The summed E-state index contributed by atoms with van der Waals surface area (Å²) in [7, 11) is 0. The molecule has 1 atom stereocenters. The molecule has 1 aromatic carbocycles. The van der Waals surface area contributed by atoms with Gasteiger partial charge in [-0.15, -0.1) is 0 Å². The van der Waals surface area contributed by atoms with Crippen LogP contribution in [-0.4, -0.2) is 19.6 Å². The zero-order valence-corrected chi connectivity index (χ0v) is 12.8. The number of halogens is 1. The number of hydrogen-bond acceptors (Lipinski definition) is 2. The molecule has 0 spiro atoms. The fourth-order valence-corrected chi connectivity index (χ4v) is 3.10. The Bertz CT molecular complexity index is 406. The zero-order chi connectivity index (χ0) is 13.7. The number of rotatable bonds is 6. The maximum atomic E-state index is 6.18. The molecule has 2 nitrogen and oxygen atoms in total. The van der Waals surface area contributed by atoms with Gasteiger partial charge in [-0.05, 0) is 43.0 Å². The summed E-state index contributed by atoms with van der Waals surface area (Å²) in [6.07, 6.45) is 3.96. The van der Waals surface area contributed by atoms with Gasteiger partial charge in [0.15, 0.2) is 0 Å². The first-order valence-corrected chi connectivity index (χ1v) is 7.86. The van der Waals surface area contributed by atoms with Crippen molar-refractivity contribution in [2.75, 3.05) is 24.5 Å². The molecule has 19 heavy (non-hydrogen) atoms. The standard InChI is InChI=1S/C16H25ClN2/c1-3-5-13-8-9-19(12-13)16-10-15(17)7-6-14(16)11-18-4-2/h6-7,10,13,18H,3-5,8-9,11-12H2,1-2H3. The van der Waals surface area contributed by atoms with Crippen LogP contribution in [0.3, 0.4) is 0 Å². The van der Waals surface area contributed by atoms with Crippen molar-refractivity contribution in [3.63, 3.8) is 0 Å². The molecule has 1 N–H and O–H groups in total. The second-order valence-electron chi connectivity index (χ2n) is 5.44. The number of nitrogens with one attached hydrogen (secondary N) is 1. The van der Waals surface area contributed by atoms with Crippen LogP contribution in [0.5, 0.6) is 0 Å². The Balaban J connectivity index is 2.11. The molecule has 0 amide bonds. The summed E-state index contributed by atoms with van der Waals surface area (Å²) in [6, 6.07) is 6.29. The average Bonchev–Trinajstić information content (AvgIpc) is 2.86. The third kappa shape index (κ3) is 3.87. The van der Waals surface area contributed by atoms with Crippen molar-refractivity contribution < 1.29 is 0 Å². The minimum absolute atomic E-state index is 0.842. The summed E-state index contributed by atoms with van der Waals surface area (Å²) >= 11 is 6.18. The predicted octanol–water partition coefficient (Wildman–Crippen LogP) is 4.08. The Morgan fingerprint density at radius 3 is 2.95 bits per heavy atom. The van der Waals surface area contributed by atoms with E-state index in [0.29, 0.717) is 0 Å². The van der Waals surface area contributed by atoms with Crippen molar-refractivity contribution in [3.8, 4) is 0 Å². The van der Waals surface area contributed by atoms with Gasteiger partial charge in [0, 0.05) is 30.3 Å². The third-order valence-corrected chi connectivity index (χ3v) is 4.17. The SMILES string of the molecule is CCCC1CCN(c2cc(Cl)ccc2CNCC)C1. The van der Waals surface area contributed by atoms with E-state index in [9.17, 15) is 0 Å². The van der Waals surface area contributed by atoms with Crippen molar-refractivity contribution in [2.24, 2.45) is 5.92 Å². The van der Waals surface area contributed by atoms with E-state index in [2.05, 4.69) is 36.2 Å². The summed E-state index contributed by atoms with van der Waals surface area (Å²) < 4.78 is 0. The molecule has 106 valence electrons. The summed E-state index contributed by atoms with van der Waals surface area (Å²) in [5.74, 6) is 0.857. The second-order valence-corrected chi connectivity index (χ2v) is 5.88. The highest BCUT2D eigenvalue weighted by atomic mass is 35.5. The van der Waals surface area contributed by atoms with Gasteiger partial charge in [0.05, 0.1) is 0 Å². The Labute approximate surface area is 122 Å². The minimum atomic E-state index is 0.842.